The zero-order chi connectivity index (χ0) is 13.7. The van der Waals surface area contributed by atoms with Gasteiger partial charge in [-0.05, 0) is 42.9 Å². The number of halogens is 1. The van der Waals surface area contributed by atoms with Crippen LogP contribution < -0.4 is 5.32 Å². The van der Waals surface area contributed by atoms with Crippen LogP contribution >= 0.6 is 0 Å². The lowest BCUT2D eigenvalue weighted by Crippen LogP contribution is -2.31. The molecule has 2 nitrogen and oxygen atoms in total. The molecule has 0 spiro atoms. The van der Waals surface area contributed by atoms with Gasteiger partial charge in [0.25, 0.3) is 0 Å². The monoisotopic (exact) mass is 264 g/mol. The minimum atomic E-state index is -0.135. The van der Waals surface area contributed by atoms with E-state index in [0.29, 0.717) is 17.9 Å². The number of pyridine rings is 1. The number of rotatable bonds is 4. The number of hydrogen-bond donors (Lipinski definition) is 1. The van der Waals surface area contributed by atoms with Crippen LogP contribution in [0.3, 0.4) is 0 Å². The molecule has 0 aliphatic heterocycles. The molecule has 0 bridgehead atoms. The van der Waals surface area contributed by atoms with E-state index in [-0.39, 0.29) is 5.82 Å². The van der Waals surface area contributed by atoms with E-state index in [0.717, 1.165) is 18.5 Å². The molecular formula is C16H25FN2. The van der Waals surface area contributed by atoms with E-state index in [2.05, 4.69) is 24.1 Å². The van der Waals surface area contributed by atoms with Crippen LogP contribution in [-0.4, -0.2) is 17.6 Å². The molecule has 0 amide bonds. The Morgan fingerprint density at radius 1 is 1.32 bits per heavy atom. The first-order valence-corrected chi connectivity index (χ1v) is 7.51. The molecule has 1 N–H and O–H groups in total. The summed E-state index contributed by atoms with van der Waals surface area (Å²) in [5.41, 5.74) is 0.868. The summed E-state index contributed by atoms with van der Waals surface area (Å²) in [6.45, 7) is 5.32. The van der Waals surface area contributed by atoms with E-state index in [1.54, 1.807) is 6.20 Å². The van der Waals surface area contributed by atoms with Gasteiger partial charge in [0.15, 0.2) is 0 Å². The fourth-order valence-corrected chi connectivity index (χ4v) is 3.11. The Morgan fingerprint density at radius 3 is 2.84 bits per heavy atom. The molecule has 2 atom stereocenters. The molecule has 2 rings (SSSR count). The minimum Gasteiger partial charge on any atom is -0.314 e. The first-order chi connectivity index (χ1) is 9.18. The zero-order valence-corrected chi connectivity index (χ0v) is 12.0. The van der Waals surface area contributed by atoms with Crippen molar-refractivity contribution in [2.24, 2.45) is 5.92 Å². The van der Waals surface area contributed by atoms with Crippen LogP contribution in [0.2, 0.25) is 0 Å². The van der Waals surface area contributed by atoms with Gasteiger partial charge in [0.1, 0.15) is 5.82 Å². The van der Waals surface area contributed by atoms with Crippen LogP contribution in [-0.2, 0) is 0 Å². The van der Waals surface area contributed by atoms with Crippen LogP contribution in [0.5, 0.6) is 0 Å². The fraction of sp³-hybridized carbons (Fsp3) is 0.688. The van der Waals surface area contributed by atoms with Crippen LogP contribution in [0.4, 0.5) is 4.39 Å². The molecule has 0 aromatic carbocycles. The van der Waals surface area contributed by atoms with Gasteiger partial charge in [0.05, 0.1) is 6.20 Å². The lowest BCUT2D eigenvalue weighted by molar-refractivity contribution is 0.355. The van der Waals surface area contributed by atoms with Crippen LogP contribution in [0.1, 0.15) is 57.4 Å². The Morgan fingerprint density at radius 2 is 2.11 bits per heavy atom. The van der Waals surface area contributed by atoms with E-state index >= 15 is 0 Å². The predicted octanol–water partition coefficient (Wildman–Crippen LogP) is 3.88. The highest BCUT2D eigenvalue weighted by molar-refractivity contribution is 5.19. The maximum atomic E-state index is 14.0. The van der Waals surface area contributed by atoms with Gasteiger partial charge in [0, 0.05) is 12.2 Å². The largest absolute Gasteiger partial charge is 0.314 e. The van der Waals surface area contributed by atoms with E-state index in [9.17, 15) is 4.39 Å². The first-order valence-electron chi connectivity index (χ1n) is 7.51. The maximum absolute atomic E-state index is 14.0. The van der Waals surface area contributed by atoms with Crippen molar-refractivity contribution in [1.29, 1.82) is 0 Å². The lowest BCUT2D eigenvalue weighted by Gasteiger charge is -2.27. The van der Waals surface area contributed by atoms with Gasteiger partial charge < -0.3 is 5.32 Å². The molecule has 3 heteroatoms. The van der Waals surface area contributed by atoms with Crippen LogP contribution in [0.15, 0.2) is 18.5 Å². The highest BCUT2D eigenvalue weighted by atomic mass is 19.1. The van der Waals surface area contributed by atoms with Crippen molar-refractivity contribution < 1.29 is 4.39 Å². The molecule has 1 aromatic rings. The molecule has 0 saturated heterocycles. The van der Waals surface area contributed by atoms with Gasteiger partial charge in [-0.3, -0.25) is 4.98 Å². The summed E-state index contributed by atoms with van der Waals surface area (Å²) in [7, 11) is 0. The van der Waals surface area contributed by atoms with E-state index in [1.165, 1.54) is 31.9 Å². The van der Waals surface area contributed by atoms with Crippen molar-refractivity contribution in [1.82, 2.24) is 10.3 Å². The Labute approximate surface area is 115 Å². The summed E-state index contributed by atoms with van der Waals surface area (Å²) in [6.07, 6.45) is 9.14. The highest BCUT2D eigenvalue weighted by Gasteiger charge is 2.27. The van der Waals surface area contributed by atoms with Gasteiger partial charge in [0.2, 0.25) is 0 Å². The molecule has 1 saturated carbocycles. The van der Waals surface area contributed by atoms with Crippen molar-refractivity contribution >= 4 is 0 Å². The molecule has 19 heavy (non-hydrogen) atoms. The summed E-state index contributed by atoms with van der Waals surface area (Å²) in [6, 6.07) is 2.36. The molecule has 1 aliphatic rings. The molecule has 1 heterocycles. The predicted molar refractivity (Wildman–Crippen MR) is 76.6 cm³/mol. The molecule has 106 valence electrons. The molecule has 0 radical (unpaired) electrons. The molecule has 1 fully saturated rings. The van der Waals surface area contributed by atoms with Crippen molar-refractivity contribution in [3.8, 4) is 0 Å². The first kappa shape index (κ1) is 14.4. The Kier molecular flexibility index (Phi) is 5.32. The van der Waals surface area contributed by atoms with Gasteiger partial charge in [-0.2, -0.15) is 0 Å². The van der Waals surface area contributed by atoms with E-state index in [4.69, 9.17) is 0 Å². The summed E-state index contributed by atoms with van der Waals surface area (Å²) >= 11 is 0. The summed E-state index contributed by atoms with van der Waals surface area (Å²) in [4.78, 5) is 3.87. The van der Waals surface area contributed by atoms with Crippen LogP contribution in [0, 0.1) is 11.7 Å². The molecule has 1 aromatic heterocycles. The zero-order valence-electron chi connectivity index (χ0n) is 12.0. The second-order valence-corrected chi connectivity index (χ2v) is 5.96. The quantitative estimate of drug-likeness (QED) is 0.835. The molecule has 2 unspecified atom stereocenters. The van der Waals surface area contributed by atoms with Crippen molar-refractivity contribution in [2.45, 2.75) is 57.9 Å². The average Bonchev–Trinajstić information content (AvgIpc) is 2.62. The van der Waals surface area contributed by atoms with Crippen molar-refractivity contribution in [3.05, 3.63) is 29.8 Å². The number of hydrogen-bond acceptors (Lipinski definition) is 2. The standard InChI is InChI=1S/C16H25FN2/c1-12(2)19-10-13-6-4-3-5-7-14(13)15-8-9-18-11-16(15)17/h8-9,11-14,19H,3-7,10H2,1-2H3. The van der Waals surface area contributed by atoms with Crippen molar-refractivity contribution in [2.75, 3.05) is 6.54 Å². The Balaban J connectivity index is 2.15. The lowest BCUT2D eigenvalue weighted by atomic mass is 9.82. The highest BCUT2D eigenvalue weighted by Crippen LogP contribution is 2.37. The third kappa shape index (κ3) is 4.00. The van der Waals surface area contributed by atoms with E-state index in [1.807, 2.05) is 6.07 Å². The molecule has 1 aliphatic carbocycles. The second kappa shape index (κ2) is 6.99. The third-order valence-electron chi connectivity index (χ3n) is 4.15. The summed E-state index contributed by atoms with van der Waals surface area (Å²) in [5.74, 6) is 0.752. The van der Waals surface area contributed by atoms with Crippen molar-refractivity contribution in [3.63, 3.8) is 0 Å². The number of nitrogens with zero attached hydrogens (tertiary/aromatic N) is 1. The Hall–Kier alpha value is -0.960. The Bertz CT molecular complexity index is 392. The van der Waals surface area contributed by atoms with Gasteiger partial charge >= 0.3 is 0 Å². The van der Waals surface area contributed by atoms with E-state index < -0.39 is 0 Å². The van der Waals surface area contributed by atoms with Crippen LogP contribution in [0.25, 0.3) is 0 Å². The third-order valence-corrected chi connectivity index (χ3v) is 4.15. The normalized spacial score (nSPS) is 24.4. The molecular weight excluding hydrogens is 239 g/mol. The average molecular weight is 264 g/mol. The number of nitrogens with one attached hydrogen (secondary N) is 1. The minimum absolute atomic E-state index is 0.135. The number of aromatic nitrogens is 1. The van der Waals surface area contributed by atoms with Gasteiger partial charge in [-0.25, -0.2) is 4.39 Å². The van der Waals surface area contributed by atoms with Gasteiger partial charge in [-0.1, -0.05) is 33.1 Å². The maximum Gasteiger partial charge on any atom is 0.144 e. The SMILES string of the molecule is CC(C)NCC1CCCCCC1c1ccncc1F. The second-order valence-electron chi connectivity index (χ2n) is 5.96. The smallest absolute Gasteiger partial charge is 0.144 e. The fourth-order valence-electron chi connectivity index (χ4n) is 3.11. The summed E-state index contributed by atoms with van der Waals surface area (Å²) < 4.78 is 14.0. The summed E-state index contributed by atoms with van der Waals surface area (Å²) in [5, 5.41) is 3.52. The topological polar surface area (TPSA) is 24.9 Å². The van der Waals surface area contributed by atoms with Gasteiger partial charge in [-0.15, -0.1) is 0 Å².